The molecule has 8 nitrogen and oxygen atoms in total. The average Bonchev–Trinajstić information content (AvgIpc) is 3.04. The lowest BCUT2D eigenvalue weighted by Crippen LogP contribution is -2.21. The minimum absolute atomic E-state index is 0.00936. The molecule has 0 saturated carbocycles. The molecule has 2 rings (SSSR count). The molecule has 0 aliphatic carbocycles. The molecule has 9 heteroatoms. The van der Waals surface area contributed by atoms with Gasteiger partial charge in [-0.2, -0.15) is 0 Å². The number of carbonyl (C=O) groups is 3. The SMILES string of the molecule is Cc1ccc(C(=O)CCC(=O)OCC(=O)Nc2ccccc2[N+](=O)[O-])s1. The molecule has 136 valence electrons. The number of carbonyl (C=O) groups excluding carboxylic acids is 3. The lowest BCUT2D eigenvalue weighted by atomic mass is 10.2. The molecule has 0 aliphatic heterocycles. The molecule has 0 saturated heterocycles. The molecule has 1 aromatic carbocycles. The van der Waals surface area contributed by atoms with Crippen LogP contribution >= 0.6 is 11.3 Å². The number of nitrogens with zero attached hydrogens (tertiary/aromatic N) is 1. The van der Waals surface area contributed by atoms with Crippen LogP contribution in [0.5, 0.6) is 0 Å². The van der Waals surface area contributed by atoms with E-state index in [1.165, 1.54) is 35.6 Å². The van der Waals surface area contributed by atoms with Crippen molar-refractivity contribution in [1.29, 1.82) is 0 Å². The summed E-state index contributed by atoms with van der Waals surface area (Å²) in [6.07, 6.45) is -0.154. The van der Waals surface area contributed by atoms with Crippen molar-refractivity contribution in [2.45, 2.75) is 19.8 Å². The fourth-order valence-electron chi connectivity index (χ4n) is 2.07. The van der Waals surface area contributed by atoms with Gasteiger partial charge in [0.1, 0.15) is 5.69 Å². The number of esters is 1. The molecule has 1 N–H and O–H groups in total. The second-order valence-electron chi connectivity index (χ2n) is 5.32. The molecule has 0 atom stereocenters. The van der Waals surface area contributed by atoms with Gasteiger partial charge in [0.2, 0.25) is 0 Å². The Balaban J connectivity index is 1.77. The van der Waals surface area contributed by atoms with Gasteiger partial charge >= 0.3 is 5.97 Å². The molecule has 26 heavy (non-hydrogen) atoms. The van der Waals surface area contributed by atoms with E-state index in [4.69, 9.17) is 4.74 Å². The first-order valence-corrected chi connectivity index (χ1v) is 8.47. The maximum Gasteiger partial charge on any atom is 0.306 e. The Bertz CT molecular complexity index is 845. The van der Waals surface area contributed by atoms with Crippen LogP contribution in [-0.2, 0) is 14.3 Å². The smallest absolute Gasteiger partial charge is 0.306 e. The summed E-state index contributed by atoms with van der Waals surface area (Å²) in [5, 5.41) is 13.2. The molecule has 0 aliphatic rings. The third-order valence-electron chi connectivity index (χ3n) is 3.31. The van der Waals surface area contributed by atoms with E-state index in [1.807, 2.05) is 13.0 Å². The Labute approximate surface area is 152 Å². The lowest BCUT2D eigenvalue weighted by Gasteiger charge is -2.07. The van der Waals surface area contributed by atoms with Gasteiger partial charge in [-0.15, -0.1) is 11.3 Å². The maximum absolute atomic E-state index is 11.9. The molecule has 1 amide bonds. The highest BCUT2D eigenvalue weighted by Crippen LogP contribution is 2.23. The average molecular weight is 376 g/mol. The van der Waals surface area contributed by atoms with E-state index < -0.39 is 23.4 Å². The number of aryl methyl sites for hydroxylation is 1. The van der Waals surface area contributed by atoms with Gasteiger partial charge in [-0.25, -0.2) is 0 Å². The number of thiophene rings is 1. The monoisotopic (exact) mass is 376 g/mol. The van der Waals surface area contributed by atoms with E-state index in [0.29, 0.717) is 4.88 Å². The fourth-order valence-corrected chi connectivity index (χ4v) is 2.90. The fraction of sp³-hybridized carbons (Fsp3) is 0.235. The second-order valence-corrected chi connectivity index (χ2v) is 6.60. The third kappa shape index (κ3) is 5.49. The summed E-state index contributed by atoms with van der Waals surface area (Å²) in [6, 6.07) is 9.16. The van der Waals surface area contributed by atoms with Crippen molar-refractivity contribution in [3.8, 4) is 0 Å². The Morgan fingerprint density at radius 1 is 1.15 bits per heavy atom. The first-order valence-electron chi connectivity index (χ1n) is 7.65. The summed E-state index contributed by atoms with van der Waals surface area (Å²) in [7, 11) is 0. The summed E-state index contributed by atoms with van der Waals surface area (Å²) < 4.78 is 4.80. The summed E-state index contributed by atoms with van der Waals surface area (Å²) in [6.45, 7) is 1.29. The zero-order valence-corrected chi connectivity index (χ0v) is 14.7. The van der Waals surface area contributed by atoms with Crippen molar-refractivity contribution in [3.05, 3.63) is 56.3 Å². The first kappa shape index (κ1) is 19.3. The molecule has 0 fully saturated rings. The van der Waals surface area contributed by atoms with Crippen molar-refractivity contribution in [1.82, 2.24) is 0 Å². The van der Waals surface area contributed by atoms with Gasteiger partial charge < -0.3 is 10.1 Å². The summed E-state index contributed by atoms with van der Waals surface area (Å²) >= 11 is 1.35. The molecule has 0 unspecified atom stereocenters. The Morgan fingerprint density at radius 3 is 2.54 bits per heavy atom. The zero-order chi connectivity index (χ0) is 19.1. The van der Waals surface area contributed by atoms with Crippen LogP contribution in [0.1, 0.15) is 27.4 Å². The highest BCUT2D eigenvalue weighted by atomic mass is 32.1. The highest BCUT2D eigenvalue weighted by molar-refractivity contribution is 7.14. The summed E-state index contributed by atoms with van der Waals surface area (Å²) in [5.74, 6) is -1.55. The number of nitro groups is 1. The molecular weight excluding hydrogens is 360 g/mol. The predicted molar refractivity (Wildman–Crippen MR) is 95.3 cm³/mol. The molecule has 1 aromatic heterocycles. The standard InChI is InChI=1S/C17H16N2O6S/c1-11-6-8-15(26-11)14(20)7-9-17(22)25-10-16(21)18-12-4-2-3-5-13(12)19(23)24/h2-6,8H,7,9-10H2,1H3,(H,18,21). The second kappa shape index (κ2) is 8.86. The van der Waals surface area contributed by atoms with Gasteiger partial charge in [-0.3, -0.25) is 24.5 Å². The quantitative estimate of drug-likeness (QED) is 0.327. The molecule has 0 bridgehead atoms. The van der Waals surface area contributed by atoms with Gasteiger partial charge in [0.25, 0.3) is 11.6 Å². The highest BCUT2D eigenvalue weighted by Gasteiger charge is 2.16. The van der Waals surface area contributed by atoms with Gasteiger partial charge in [-0.05, 0) is 25.1 Å². The van der Waals surface area contributed by atoms with Gasteiger partial charge in [-0.1, -0.05) is 12.1 Å². The Kier molecular flexibility index (Phi) is 6.56. The number of nitrogens with one attached hydrogen (secondary N) is 1. The van der Waals surface area contributed by atoms with Gasteiger partial charge in [0, 0.05) is 17.4 Å². The number of amides is 1. The number of ether oxygens (including phenoxy) is 1. The molecule has 2 aromatic rings. The largest absolute Gasteiger partial charge is 0.456 e. The van der Waals surface area contributed by atoms with Gasteiger partial charge in [0.05, 0.1) is 16.2 Å². The van der Waals surface area contributed by atoms with E-state index in [0.717, 1.165) is 4.88 Å². The van der Waals surface area contributed by atoms with Crippen molar-refractivity contribution >= 4 is 40.4 Å². The number of benzene rings is 1. The molecule has 1 heterocycles. The number of Topliss-reactive ketones (excluding diaryl/α,β-unsaturated/α-hetero) is 1. The predicted octanol–water partition coefficient (Wildman–Crippen LogP) is 3.11. The number of nitro benzene ring substituents is 1. The number of hydrogen-bond donors (Lipinski definition) is 1. The van der Waals surface area contributed by atoms with Crippen molar-refractivity contribution in [3.63, 3.8) is 0 Å². The van der Waals surface area contributed by atoms with Crippen LogP contribution in [0.25, 0.3) is 0 Å². The summed E-state index contributed by atoms with van der Waals surface area (Å²) in [4.78, 5) is 47.2. The van der Waals surface area contributed by atoms with Crippen molar-refractivity contribution < 1.29 is 24.0 Å². The van der Waals surface area contributed by atoms with Crippen molar-refractivity contribution in [2.75, 3.05) is 11.9 Å². The molecule has 0 spiro atoms. The number of rotatable bonds is 8. The minimum Gasteiger partial charge on any atom is -0.456 e. The van der Waals surface area contributed by atoms with Crippen LogP contribution < -0.4 is 5.32 Å². The minimum atomic E-state index is -0.701. The number of anilines is 1. The van der Waals surface area contributed by atoms with Gasteiger partial charge in [0.15, 0.2) is 12.4 Å². The van der Waals surface area contributed by atoms with Crippen LogP contribution in [0, 0.1) is 17.0 Å². The zero-order valence-electron chi connectivity index (χ0n) is 13.9. The van der Waals surface area contributed by atoms with E-state index in [2.05, 4.69) is 5.32 Å². The Hall–Kier alpha value is -3.07. The third-order valence-corrected chi connectivity index (χ3v) is 4.35. The number of hydrogen-bond acceptors (Lipinski definition) is 7. The molecule has 0 radical (unpaired) electrons. The van der Waals surface area contributed by atoms with Crippen LogP contribution in [-0.4, -0.2) is 29.2 Å². The molecular formula is C17H16N2O6S. The van der Waals surface area contributed by atoms with Crippen LogP contribution in [0.2, 0.25) is 0 Å². The van der Waals surface area contributed by atoms with E-state index in [1.54, 1.807) is 6.07 Å². The van der Waals surface area contributed by atoms with E-state index >= 15 is 0 Å². The number of ketones is 1. The van der Waals surface area contributed by atoms with Crippen LogP contribution in [0.3, 0.4) is 0 Å². The maximum atomic E-state index is 11.9. The van der Waals surface area contributed by atoms with Crippen molar-refractivity contribution in [2.24, 2.45) is 0 Å². The lowest BCUT2D eigenvalue weighted by molar-refractivity contribution is -0.383. The van der Waals surface area contributed by atoms with Crippen LogP contribution in [0.15, 0.2) is 36.4 Å². The van der Waals surface area contributed by atoms with E-state index in [-0.39, 0.29) is 30.0 Å². The topological polar surface area (TPSA) is 116 Å². The normalized spacial score (nSPS) is 10.2. The summed E-state index contributed by atoms with van der Waals surface area (Å²) in [5.41, 5.74) is -0.245. The van der Waals surface area contributed by atoms with E-state index in [9.17, 15) is 24.5 Å². The van der Waals surface area contributed by atoms with Crippen LogP contribution in [0.4, 0.5) is 11.4 Å². The number of para-hydroxylation sites is 2. The Morgan fingerprint density at radius 2 is 1.88 bits per heavy atom. The first-order chi connectivity index (χ1) is 12.4.